The van der Waals surface area contributed by atoms with Crippen LogP contribution in [0.5, 0.6) is 0 Å². The third kappa shape index (κ3) is 4.48. The van der Waals surface area contributed by atoms with Crippen LogP contribution in [0.25, 0.3) is 0 Å². The van der Waals surface area contributed by atoms with Crippen molar-refractivity contribution < 1.29 is 0 Å². The number of benzene rings is 1. The van der Waals surface area contributed by atoms with Gasteiger partial charge in [-0.3, -0.25) is 0 Å². The van der Waals surface area contributed by atoms with Gasteiger partial charge in [-0.1, -0.05) is 51.1 Å². The van der Waals surface area contributed by atoms with E-state index in [0.29, 0.717) is 11.5 Å². The van der Waals surface area contributed by atoms with E-state index in [9.17, 15) is 0 Å². The molecule has 1 nitrogen and oxygen atoms in total. The summed E-state index contributed by atoms with van der Waals surface area (Å²) in [6.07, 6.45) is 1.11. The van der Waals surface area contributed by atoms with E-state index < -0.39 is 0 Å². The highest BCUT2D eigenvalue weighted by atomic mass is 14.9. The summed E-state index contributed by atoms with van der Waals surface area (Å²) in [5.41, 5.74) is 1.75. The minimum Gasteiger partial charge on any atom is -0.313 e. The Morgan fingerprint density at radius 3 is 2.27 bits per heavy atom. The summed E-state index contributed by atoms with van der Waals surface area (Å²) in [6.45, 7) is 10.1. The van der Waals surface area contributed by atoms with Crippen LogP contribution in [0.2, 0.25) is 0 Å². The van der Waals surface area contributed by atoms with Crippen molar-refractivity contribution in [3.05, 3.63) is 35.9 Å². The Labute approximate surface area is 93.9 Å². The van der Waals surface area contributed by atoms with Gasteiger partial charge in [0.1, 0.15) is 0 Å². The molecule has 0 heterocycles. The van der Waals surface area contributed by atoms with Crippen LogP contribution in [-0.4, -0.2) is 12.6 Å². The molecule has 0 radical (unpaired) electrons. The van der Waals surface area contributed by atoms with Crippen molar-refractivity contribution in [3.63, 3.8) is 0 Å². The number of hydrogen-bond acceptors (Lipinski definition) is 1. The summed E-state index contributed by atoms with van der Waals surface area (Å²) < 4.78 is 0. The van der Waals surface area contributed by atoms with Gasteiger partial charge >= 0.3 is 0 Å². The zero-order valence-corrected chi connectivity index (χ0v) is 10.4. The molecule has 1 heteroatoms. The van der Waals surface area contributed by atoms with Crippen molar-refractivity contribution in [1.82, 2.24) is 5.32 Å². The molecule has 1 rings (SSSR count). The Balaban J connectivity index is 2.28. The summed E-state index contributed by atoms with van der Waals surface area (Å²) in [5.74, 6) is 0. The van der Waals surface area contributed by atoms with Crippen LogP contribution in [-0.2, 0) is 6.42 Å². The molecule has 1 N–H and O–H groups in total. The summed E-state index contributed by atoms with van der Waals surface area (Å²) in [4.78, 5) is 0. The maximum Gasteiger partial charge on any atom is 0.00873 e. The van der Waals surface area contributed by atoms with Gasteiger partial charge in [-0.25, -0.2) is 0 Å². The zero-order chi connectivity index (χ0) is 11.3. The maximum atomic E-state index is 3.57. The van der Waals surface area contributed by atoms with Gasteiger partial charge in [0.05, 0.1) is 0 Å². The lowest BCUT2D eigenvalue weighted by Gasteiger charge is -2.28. The van der Waals surface area contributed by atoms with Gasteiger partial charge in [0.25, 0.3) is 0 Å². The van der Waals surface area contributed by atoms with Gasteiger partial charge in [0.2, 0.25) is 0 Å². The zero-order valence-electron chi connectivity index (χ0n) is 10.4. The quantitative estimate of drug-likeness (QED) is 0.795. The second-order valence-electron chi connectivity index (χ2n) is 5.28. The summed E-state index contributed by atoms with van der Waals surface area (Å²) >= 11 is 0. The van der Waals surface area contributed by atoms with Crippen molar-refractivity contribution in [2.45, 2.75) is 40.2 Å². The second kappa shape index (κ2) is 5.32. The van der Waals surface area contributed by atoms with Crippen molar-refractivity contribution in [2.75, 3.05) is 6.54 Å². The first-order valence-electron chi connectivity index (χ1n) is 5.77. The molecule has 0 aliphatic rings. The van der Waals surface area contributed by atoms with Crippen LogP contribution in [0.4, 0.5) is 0 Å². The van der Waals surface area contributed by atoms with E-state index in [-0.39, 0.29) is 0 Å². The molecule has 15 heavy (non-hydrogen) atoms. The third-order valence-electron chi connectivity index (χ3n) is 3.01. The van der Waals surface area contributed by atoms with Gasteiger partial charge in [-0.05, 0) is 30.9 Å². The molecule has 0 aliphatic heterocycles. The van der Waals surface area contributed by atoms with Gasteiger partial charge in [-0.2, -0.15) is 0 Å². The van der Waals surface area contributed by atoms with Crippen LogP contribution in [0.3, 0.4) is 0 Å². The minimum atomic E-state index is 0.344. The Bertz CT molecular complexity index is 271. The molecule has 1 atom stereocenters. The molecule has 1 aromatic carbocycles. The van der Waals surface area contributed by atoms with Gasteiger partial charge in [0, 0.05) is 6.04 Å². The average Bonchev–Trinajstić information content (AvgIpc) is 2.18. The second-order valence-corrected chi connectivity index (χ2v) is 5.28. The normalized spacial score (nSPS) is 13.9. The summed E-state index contributed by atoms with van der Waals surface area (Å²) in [7, 11) is 0. The standard InChI is InChI=1S/C14H23N/c1-12(14(2,3)4)15-11-10-13-8-6-5-7-9-13/h5-9,12,15H,10-11H2,1-4H3. The Kier molecular flexibility index (Phi) is 4.34. The summed E-state index contributed by atoms with van der Waals surface area (Å²) in [5, 5.41) is 3.57. The minimum absolute atomic E-state index is 0.344. The van der Waals surface area contributed by atoms with Crippen molar-refractivity contribution >= 4 is 0 Å². The van der Waals surface area contributed by atoms with Crippen LogP contribution in [0, 0.1) is 5.41 Å². The molecule has 1 aromatic rings. The topological polar surface area (TPSA) is 12.0 Å². The lowest BCUT2D eigenvalue weighted by atomic mass is 9.88. The highest BCUT2D eigenvalue weighted by Crippen LogP contribution is 2.18. The first-order chi connectivity index (χ1) is 7.00. The van der Waals surface area contributed by atoms with Gasteiger partial charge < -0.3 is 5.32 Å². The summed E-state index contributed by atoms with van der Waals surface area (Å²) in [6, 6.07) is 11.2. The van der Waals surface area contributed by atoms with Crippen molar-refractivity contribution in [3.8, 4) is 0 Å². The molecule has 0 aromatic heterocycles. The lowest BCUT2D eigenvalue weighted by Crippen LogP contribution is -2.38. The van der Waals surface area contributed by atoms with E-state index in [1.165, 1.54) is 5.56 Å². The van der Waals surface area contributed by atoms with E-state index in [2.05, 4.69) is 63.3 Å². The molecule has 0 aliphatic carbocycles. The fraction of sp³-hybridized carbons (Fsp3) is 0.571. The SMILES string of the molecule is CC(NCCc1ccccc1)C(C)(C)C. The number of hydrogen-bond donors (Lipinski definition) is 1. The van der Waals surface area contributed by atoms with E-state index in [0.717, 1.165) is 13.0 Å². The first kappa shape index (κ1) is 12.3. The predicted octanol–water partition coefficient (Wildman–Crippen LogP) is 3.25. The van der Waals surface area contributed by atoms with E-state index in [1.54, 1.807) is 0 Å². The molecular weight excluding hydrogens is 182 g/mol. The maximum absolute atomic E-state index is 3.57. The predicted molar refractivity (Wildman–Crippen MR) is 67.1 cm³/mol. The van der Waals surface area contributed by atoms with Crippen LogP contribution >= 0.6 is 0 Å². The number of nitrogens with one attached hydrogen (secondary N) is 1. The van der Waals surface area contributed by atoms with E-state index in [4.69, 9.17) is 0 Å². The molecule has 0 saturated carbocycles. The molecule has 1 unspecified atom stereocenters. The molecule has 0 amide bonds. The molecular formula is C14H23N. The highest BCUT2D eigenvalue weighted by molar-refractivity contribution is 5.14. The van der Waals surface area contributed by atoms with Crippen LogP contribution < -0.4 is 5.32 Å². The molecule has 0 fully saturated rings. The first-order valence-corrected chi connectivity index (χ1v) is 5.77. The molecule has 0 spiro atoms. The van der Waals surface area contributed by atoms with Crippen molar-refractivity contribution in [2.24, 2.45) is 5.41 Å². The third-order valence-corrected chi connectivity index (χ3v) is 3.01. The highest BCUT2D eigenvalue weighted by Gasteiger charge is 2.18. The Hall–Kier alpha value is -0.820. The Morgan fingerprint density at radius 2 is 1.73 bits per heavy atom. The van der Waals surface area contributed by atoms with Gasteiger partial charge in [-0.15, -0.1) is 0 Å². The fourth-order valence-corrected chi connectivity index (χ4v) is 1.38. The smallest absolute Gasteiger partial charge is 0.00873 e. The largest absolute Gasteiger partial charge is 0.313 e. The van der Waals surface area contributed by atoms with E-state index in [1.807, 2.05) is 0 Å². The monoisotopic (exact) mass is 205 g/mol. The molecule has 84 valence electrons. The molecule has 0 bridgehead atoms. The van der Waals surface area contributed by atoms with Crippen LogP contribution in [0.1, 0.15) is 33.3 Å². The number of rotatable bonds is 4. The molecule has 0 saturated heterocycles. The average molecular weight is 205 g/mol. The lowest BCUT2D eigenvalue weighted by molar-refractivity contribution is 0.288. The Morgan fingerprint density at radius 1 is 1.13 bits per heavy atom. The van der Waals surface area contributed by atoms with Gasteiger partial charge in [0.15, 0.2) is 0 Å². The van der Waals surface area contributed by atoms with Crippen LogP contribution in [0.15, 0.2) is 30.3 Å². The fourth-order valence-electron chi connectivity index (χ4n) is 1.38. The van der Waals surface area contributed by atoms with E-state index >= 15 is 0 Å². The van der Waals surface area contributed by atoms with Crippen molar-refractivity contribution in [1.29, 1.82) is 0 Å².